The van der Waals surface area contributed by atoms with Crippen molar-refractivity contribution < 1.29 is 27.0 Å². The SMILES string of the molecule is CNC(=O)CNC(=O)Nc1ccccc1S(=O)C(F)(F)F. The molecule has 3 N–H and O–H groups in total. The van der Waals surface area contributed by atoms with Crippen molar-refractivity contribution in [2.24, 2.45) is 0 Å². The van der Waals surface area contributed by atoms with Crippen LogP contribution in [0.2, 0.25) is 0 Å². The molecule has 3 amide bonds. The molecule has 1 aromatic rings. The third-order valence-corrected chi connectivity index (χ3v) is 3.41. The van der Waals surface area contributed by atoms with Gasteiger partial charge in [-0.3, -0.25) is 4.79 Å². The first-order chi connectivity index (χ1) is 9.75. The summed E-state index contributed by atoms with van der Waals surface area (Å²) in [5.41, 5.74) is -5.18. The zero-order valence-corrected chi connectivity index (χ0v) is 11.6. The minimum atomic E-state index is -4.93. The van der Waals surface area contributed by atoms with Crippen LogP contribution >= 0.6 is 0 Å². The Balaban J connectivity index is 2.83. The van der Waals surface area contributed by atoms with E-state index in [1.165, 1.54) is 25.2 Å². The van der Waals surface area contributed by atoms with E-state index >= 15 is 0 Å². The first kappa shape index (κ1) is 17.0. The van der Waals surface area contributed by atoms with Crippen LogP contribution in [-0.4, -0.2) is 35.2 Å². The van der Waals surface area contributed by atoms with Crippen molar-refractivity contribution in [3.8, 4) is 0 Å². The number of hydrogen-bond donors (Lipinski definition) is 3. The van der Waals surface area contributed by atoms with Gasteiger partial charge in [0, 0.05) is 7.05 Å². The van der Waals surface area contributed by atoms with Crippen LogP contribution in [0.3, 0.4) is 0 Å². The number of para-hydroxylation sites is 1. The molecule has 0 aliphatic heterocycles. The van der Waals surface area contributed by atoms with E-state index in [4.69, 9.17) is 0 Å². The summed E-state index contributed by atoms with van der Waals surface area (Å²) in [5, 5.41) is 6.52. The average Bonchev–Trinajstić information content (AvgIpc) is 2.43. The van der Waals surface area contributed by atoms with E-state index in [2.05, 4.69) is 16.0 Å². The summed E-state index contributed by atoms with van der Waals surface area (Å²) >= 11 is 0. The van der Waals surface area contributed by atoms with Crippen molar-refractivity contribution in [2.75, 3.05) is 18.9 Å². The predicted octanol–water partition coefficient (Wildman–Crippen LogP) is 1.18. The second kappa shape index (κ2) is 7.07. The normalized spacial score (nSPS) is 12.4. The fraction of sp³-hybridized carbons (Fsp3) is 0.273. The molecule has 0 radical (unpaired) electrons. The van der Waals surface area contributed by atoms with E-state index in [0.717, 1.165) is 6.07 Å². The molecule has 1 atom stereocenters. The number of nitrogens with one attached hydrogen (secondary N) is 3. The number of carbonyl (C=O) groups excluding carboxylic acids is 2. The van der Waals surface area contributed by atoms with Gasteiger partial charge in [-0.1, -0.05) is 12.1 Å². The van der Waals surface area contributed by atoms with Gasteiger partial charge in [-0.05, 0) is 12.1 Å². The molecule has 10 heteroatoms. The molecule has 6 nitrogen and oxygen atoms in total. The van der Waals surface area contributed by atoms with Crippen molar-refractivity contribution >= 4 is 28.4 Å². The molecular weight excluding hydrogens is 311 g/mol. The molecule has 1 unspecified atom stereocenters. The number of alkyl halides is 3. The molecule has 1 aromatic carbocycles. The Morgan fingerprint density at radius 3 is 2.43 bits per heavy atom. The lowest BCUT2D eigenvalue weighted by atomic mass is 10.3. The highest BCUT2D eigenvalue weighted by Gasteiger charge is 2.39. The van der Waals surface area contributed by atoms with Crippen LogP contribution in [0.5, 0.6) is 0 Å². The molecule has 0 aliphatic carbocycles. The first-order valence-corrected chi connectivity index (χ1v) is 6.73. The topological polar surface area (TPSA) is 87.3 Å². The van der Waals surface area contributed by atoms with Crippen molar-refractivity contribution in [1.29, 1.82) is 0 Å². The van der Waals surface area contributed by atoms with Gasteiger partial charge in [0.1, 0.15) is 0 Å². The number of benzene rings is 1. The fourth-order valence-electron chi connectivity index (χ4n) is 1.27. The van der Waals surface area contributed by atoms with Gasteiger partial charge in [0.2, 0.25) is 5.91 Å². The summed E-state index contributed by atoms with van der Waals surface area (Å²) in [4.78, 5) is 21.8. The van der Waals surface area contributed by atoms with Crippen LogP contribution in [0.4, 0.5) is 23.7 Å². The van der Waals surface area contributed by atoms with Crippen LogP contribution in [0, 0.1) is 0 Å². The lowest BCUT2D eigenvalue weighted by Crippen LogP contribution is -2.37. The highest BCUT2D eigenvalue weighted by atomic mass is 32.2. The van der Waals surface area contributed by atoms with Crippen molar-refractivity contribution in [3.05, 3.63) is 24.3 Å². The Bertz CT molecular complexity index is 563. The summed E-state index contributed by atoms with van der Waals surface area (Å²) in [6.45, 7) is -0.340. The van der Waals surface area contributed by atoms with Crippen LogP contribution < -0.4 is 16.0 Å². The third kappa shape index (κ3) is 5.06. The largest absolute Gasteiger partial charge is 0.475 e. The molecule has 21 heavy (non-hydrogen) atoms. The number of halogens is 3. The molecule has 0 spiro atoms. The van der Waals surface area contributed by atoms with Gasteiger partial charge in [0.05, 0.1) is 17.1 Å². The summed E-state index contributed by atoms with van der Waals surface area (Å²) in [5.74, 6) is -0.475. The Kier molecular flexibility index (Phi) is 5.70. The van der Waals surface area contributed by atoms with E-state index < -0.39 is 33.1 Å². The Hall–Kier alpha value is -2.10. The van der Waals surface area contributed by atoms with E-state index in [0.29, 0.717) is 0 Å². The Labute approximate surface area is 120 Å². The predicted molar refractivity (Wildman–Crippen MR) is 70.0 cm³/mol. The molecule has 0 saturated heterocycles. The summed E-state index contributed by atoms with van der Waals surface area (Å²) in [6.07, 6.45) is 0. The lowest BCUT2D eigenvalue weighted by molar-refractivity contribution is -0.119. The second-order valence-electron chi connectivity index (χ2n) is 3.69. The van der Waals surface area contributed by atoms with Crippen molar-refractivity contribution in [2.45, 2.75) is 10.4 Å². The standard InChI is InChI=1S/C11H12F3N3O3S/c1-15-9(18)6-16-10(19)17-7-4-2-3-5-8(7)21(20)11(12,13)14/h2-5H,6H2,1H3,(H,15,18)(H2,16,17,19). The molecular formula is C11H12F3N3O3S. The van der Waals surface area contributed by atoms with Crippen molar-refractivity contribution in [3.63, 3.8) is 0 Å². The van der Waals surface area contributed by atoms with E-state index in [1.54, 1.807) is 0 Å². The van der Waals surface area contributed by atoms with E-state index in [9.17, 15) is 27.0 Å². The number of likely N-dealkylation sites (N-methyl/N-ethyl adjacent to an activating group) is 1. The maximum atomic E-state index is 12.5. The quantitative estimate of drug-likeness (QED) is 0.777. The first-order valence-electron chi connectivity index (χ1n) is 5.58. The van der Waals surface area contributed by atoms with Gasteiger partial charge < -0.3 is 16.0 Å². The van der Waals surface area contributed by atoms with Crippen LogP contribution in [0.1, 0.15) is 0 Å². The molecule has 0 aromatic heterocycles. The molecule has 116 valence electrons. The zero-order valence-electron chi connectivity index (χ0n) is 10.8. The summed E-state index contributed by atoms with van der Waals surface area (Å²) in [7, 11) is -1.90. The highest BCUT2D eigenvalue weighted by molar-refractivity contribution is 7.86. The summed E-state index contributed by atoms with van der Waals surface area (Å²) in [6, 6.07) is 3.94. The van der Waals surface area contributed by atoms with E-state index in [1.807, 2.05) is 0 Å². The summed E-state index contributed by atoms with van der Waals surface area (Å²) < 4.78 is 48.7. The third-order valence-electron chi connectivity index (χ3n) is 2.23. The number of carbonyl (C=O) groups is 2. The number of anilines is 1. The number of hydrogen-bond acceptors (Lipinski definition) is 3. The second-order valence-corrected chi connectivity index (χ2v) is 5.13. The molecule has 0 bridgehead atoms. The fourth-order valence-corrected chi connectivity index (χ4v) is 2.04. The number of rotatable bonds is 4. The van der Waals surface area contributed by atoms with Crippen LogP contribution in [0.25, 0.3) is 0 Å². The average molecular weight is 323 g/mol. The van der Waals surface area contributed by atoms with E-state index in [-0.39, 0.29) is 12.2 Å². The number of urea groups is 1. The van der Waals surface area contributed by atoms with Gasteiger partial charge in [-0.15, -0.1) is 0 Å². The molecule has 0 fully saturated rings. The molecule has 0 aliphatic rings. The van der Waals surface area contributed by atoms with Gasteiger partial charge in [0.15, 0.2) is 10.8 Å². The maximum absolute atomic E-state index is 12.5. The Morgan fingerprint density at radius 1 is 1.24 bits per heavy atom. The Morgan fingerprint density at radius 2 is 1.86 bits per heavy atom. The maximum Gasteiger partial charge on any atom is 0.475 e. The molecule has 0 heterocycles. The smallest absolute Gasteiger partial charge is 0.358 e. The van der Waals surface area contributed by atoms with Crippen molar-refractivity contribution in [1.82, 2.24) is 10.6 Å². The monoisotopic (exact) mass is 323 g/mol. The minimum absolute atomic E-state index is 0.248. The molecule has 1 rings (SSSR count). The van der Waals surface area contributed by atoms with Crippen LogP contribution in [0.15, 0.2) is 29.2 Å². The van der Waals surface area contributed by atoms with Gasteiger partial charge >= 0.3 is 11.5 Å². The van der Waals surface area contributed by atoms with Crippen LogP contribution in [-0.2, 0) is 15.6 Å². The van der Waals surface area contributed by atoms with Gasteiger partial charge in [-0.2, -0.15) is 13.2 Å². The highest BCUT2D eigenvalue weighted by Crippen LogP contribution is 2.30. The number of amides is 3. The zero-order chi connectivity index (χ0) is 16.0. The van der Waals surface area contributed by atoms with Gasteiger partial charge in [0.25, 0.3) is 0 Å². The minimum Gasteiger partial charge on any atom is -0.358 e. The van der Waals surface area contributed by atoms with Gasteiger partial charge in [-0.25, -0.2) is 9.00 Å². The molecule has 0 saturated carbocycles. The lowest BCUT2D eigenvalue weighted by Gasteiger charge is -2.12.